The maximum Gasteiger partial charge on any atom is 0.322 e. The van der Waals surface area contributed by atoms with Crippen LogP contribution in [0.4, 0.5) is 0 Å². The molecule has 0 amide bonds. The Balaban J connectivity index is 1.55. The minimum Gasteiger partial charge on any atom is -0.481 e. The van der Waals surface area contributed by atoms with Crippen LogP contribution in [0, 0.1) is 17.8 Å². The monoisotopic (exact) mass is 481 g/mol. The average Bonchev–Trinajstić information content (AvgIpc) is 3.18. The number of Topliss-reactive ketones (excluding diaryl/α,β-unsaturated/α-hetero) is 1. The van der Waals surface area contributed by atoms with Gasteiger partial charge in [0.15, 0.2) is 5.78 Å². The average molecular weight is 482 g/mol. The van der Waals surface area contributed by atoms with Crippen molar-refractivity contribution in [3.8, 4) is 11.1 Å². The van der Waals surface area contributed by atoms with E-state index in [-0.39, 0.29) is 30.8 Å². The number of fused-ring (bicyclic) bond motifs is 3. The fourth-order valence-corrected chi connectivity index (χ4v) is 4.79. The standard InChI is InChI=1S/C28H35NO6/c1-16(17(2)27(31)32)26(34-5)18(3)25(30)14-29-19(4)28(33)35-15-24-22-12-8-6-10-20(22)21-11-7-9-13-23(21)24/h6-13,16-19,24,26,29H,14-15H2,1-5H3,(H,31,32). The molecule has 35 heavy (non-hydrogen) atoms. The summed E-state index contributed by atoms with van der Waals surface area (Å²) in [6.07, 6.45) is -0.542. The fraction of sp³-hybridized carbons (Fsp3) is 0.464. The first-order valence-electron chi connectivity index (χ1n) is 12.0. The van der Waals surface area contributed by atoms with Crippen molar-refractivity contribution in [1.82, 2.24) is 5.32 Å². The van der Waals surface area contributed by atoms with E-state index >= 15 is 0 Å². The first-order chi connectivity index (χ1) is 16.7. The third-order valence-corrected chi connectivity index (χ3v) is 7.26. The van der Waals surface area contributed by atoms with Crippen molar-refractivity contribution in [2.24, 2.45) is 17.8 Å². The number of ketones is 1. The predicted octanol–water partition coefficient (Wildman–Crippen LogP) is 3.90. The van der Waals surface area contributed by atoms with Crippen LogP contribution in [-0.2, 0) is 23.9 Å². The Kier molecular flexibility index (Phi) is 8.81. The lowest BCUT2D eigenvalue weighted by Gasteiger charge is -2.30. The van der Waals surface area contributed by atoms with Crippen molar-refractivity contribution in [2.45, 2.75) is 45.8 Å². The summed E-state index contributed by atoms with van der Waals surface area (Å²) in [5.41, 5.74) is 4.60. The first kappa shape index (κ1) is 26.6. The van der Waals surface area contributed by atoms with Gasteiger partial charge in [-0.05, 0) is 35.1 Å². The van der Waals surface area contributed by atoms with E-state index in [1.54, 1.807) is 27.7 Å². The number of aliphatic carboxylic acids is 1. The van der Waals surface area contributed by atoms with Crippen molar-refractivity contribution < 1.29 is 29.0 Å². The Hall–Kier alpha value is -3.03. The number of carbonyl (C=O) groups excluding carboxylic acids is 2. The largest absolute Gasteiger partial charge is 0.481 e. The van der Waals surface area contributed by atoms with E-state index < -0.39 is 35.9 Å². The second kappa shape index (κ2) is 11.6. The number of nitrogens with one attached hydrogen (secondary N) is 1. The number of carbonyl (C=O) groups is 3. The molecule has 0 fully saturated rings. The van der Waals surface area contributed by atoms with Gasteiger partial charge < -0.3 is 14.6 Å². The van der Waals surface area contributed by atoms with E-state index in [1.165, 1.54) is 7.11 Å². The molecule has 1 aliphatic carbocycles. The molecule has 0 radical (unpaired) electrons. The SMILES string of the molecule is COC(C(C)C(=O)CNC(C)C(=O)OCC1c2ccccc2-c2ccccc21)C(C)C(C)C(=O)O. The number of hydrogen-bond donors (Lipinski definition) is 2. The Labute approximate surface area is 206 Å². The van der Waals surface area contributed by atoms with Crippen LogP contribution in [0.3, 0.4) is 0 Å². The summed E-state index contributed by atoms with van der Waals surface area (Å²) in [4.78, 5) is 36.8. The van der Waals surface area contributed by atoms with Crippen molar-refractivity contribution in [1.29, 1.82) is 0 Å². The summed E-state index contributed by atoms with van der Waals surface area (Å²) in [5.74, 6) is -3.07. The van der Waals surface area contributed by atoms with E-state index in [0.717, 1.165) is 22.3 Å². The summed E-state index contributed by atoms with van der Waals surface area (Å²) in [6.45, 7) is 6.94. The molecule has 7 heteroatoms. The van der Waals surface area contributed by atoms with Gasteiger partial charge in [-0.2, -0.15) is 0 Å². The van der Waals surface area contributed by atoms with Gasteiger partial charge in [-0.15, -0.1) is 0 Å². The number of ether oxygens (including phenoxy) is 2. The molecule has 5 atom stereocenters. The van der Waals surface area contributed by atoms with Crippen molar-refractivity contribution >= 4 is 17.7 Å². The van der Waals surface area contributed by atoms with E-state index in [0.29, 0.717) is 0 Å². The van der Waals surface area contributed by atoms with Crippen molar-refractivity contribution in [3.05, 3.63) is 59.7 Å². The molecule has 1 aliphatic rings. The number of methoxy groups -OCH3 is 1. The quantitative estimate of drug-likeness (QED) is 0.443. The zero-order valence-electron chi connectivity index (χ0n) is 21.0. The molecule has 0 aromatic heterocycles. The van der Waals surface area contributed by atoms with Crippen LogP contribution in [0.15, 0.2) is 48.5 Å². The normalized spacial score (nSPS) is 16.9. The Bertz CT molecular complexity index is 1020. The van der Waals surface area contributed by atoms with Gasteiger partial charge in [0.05, 0.1) is 18.6 Å². The van der Waals surface area contributed by atoms with Gasteiger partial charge in [0.25, 0.3) is 0 Å². The molecule has 0 spiro atoms. The van der Waals surface area contributed by atoms with Crippen LogP contribution >= 0.6 is 0 Å². The number of carboxylic acids is 1. The maximum atomic E-state index is 12.8. The number of hydrogen-bond acceptors (Lipinski definition) is 6. The minimum atomic E-state index is -0.929. The zero-order chi connectivity index (χ0) is 25.7. The van der Waals surface area contributed by atoms with Gasteiger partial charge in [0.1, 0.15) is 12.6 Å². The van der Waals surface area contributed by atoms with Crippen molar-refractivity contribution in [3.63, 3.8) is 0 Å². The van der Waals surface area contributed by atoms with Gasteiger partial charge in [0, 0.05) is 18.9 Å². The van der Waals surface area contributed by atoms with Gasteiger partial charge in [-0.3, -0.25) is 19.7 Å². The highest BCUT2D eigenvalue weighted by Gasteiger charge is 2.34. The van der Waals surface area contributed by atoms with Crippen LogP contribution in [0.25, 0.3) is 11.1 Å². The fourth-order valence-electron chi connectivity index (χ4n) is 4.79. The summed E-state index contributed by atoms with van der Waals surface area (Å²) in [5, 5.41) is 12.2. The predicted molar refractivity (Wildman–Crippen MR) is 133 cm³/mol. The zero-order valence-corrected chi connectivity index (χ0v) is 21.0. The summed E-state index contributed by atoms with van der Waals surface area (Å²) >= 11 is 0. The second-order valence-corrected chi connectivity index (χ2v) is 9.40. The lowest BCUT2D eigenvalue weighted by molar-refractivity contribution is -0.148. The second-order valence-electron chi connectivity index (χ2n) is 9.40. The first-order valence-corrected chi connectivity index (χ1v) is 12.0. The third kappa shape index (κ3) is 5.80. The number of esters is 1. The molecule has 5 unspecified atom stereocenters. The summed E-state index contributed by atoms with van der Waals surface area (Å²) < 4.78 is 11.1. The number of benzene rings is 2. The highest BCUT2D eigenvalue weighted by atomic mass is 16.5. The van der Waals surface area contributed by atoms with E-state index in [1.807, 2.05) is 24.3 Å². The Morgan fingerprint density at radius 2 is 1.46 bits per heavy atom. The van der Waals surface area contributed by atoms with Crippen LogP contribution in [0.2, 0.25) is 0 Å². The smallest absolute Gasteiger partial charge is 0.322 e. The van der Waals surface area contributed by atoms with Crippen molar-refractivity contribution in [2.75, 3.05) is 20.3 Å². The molecular formula is C28H35NO6. The Morgan fingerprint density at radius 3 is 1.97 bits per heavy atom. The molecule has 0 saturated heterocycles. The molecular weight excluding hydrogens is 446 g/mol. The third-order valence-electron chi connectivity index (χ3n) is 7.26. The highest BCUT2D eigenvalue weighted by Crippen LogP contribution is 2.44. The van der Waals surface area contributed by atoms with Gasteiger partial charge >= 0.3 is 11.9 Å². The molecule has 2 N–H and O–H groups in total. The van der Waals surface area contributed by atoms with Gasteiger partial charge in [-0.25, -0.2) is 0 Å². The Morgan fingerprint density at radius 1 is 0.914 bits per heavy atom. The molecule has 0 aliphatic heterocycles. The molecule has 3 rings (SSSR count). The summed E-state index contributed by atoms with van der Waals surface area (Å²) in [7, 11) is 1.48. The van der Waals surface area contributed by atoms with Gasteiger partial charge in [-0.1, -0.05) is 69.3 Å². The molecule has 0 saturated carbocycles. The van der Waals surface area contributed by atoms with Crippen LogP contribution < -0.4 is 5.32 Å². The maximum absolute atomic E-state index is 12.8. The molecule has 2 aromatic carbocycles. The molecule has 0 bridgehead atoms. The van der Waals surface area contributed by atoms with Crippen LogP contribution in [-0.4, -0.2) is 55.2 Å². The van der Waals surface area contributed by atoms with Gasteiger partial charge in [0.2, 0.25) is 0 Å². The molecule has 7 nitrogen and oxygen atoms in total. The lowest BCUT2D eigenvalue weighted by atomic mass is 9.82. The topological polar surface area (TPSA) is 102 Å². The van der Waals surface area contributed by atoms with E-state index in [4.69, 9.17) is 9.47 Å². The number of carboxylic acid groups (broad SMARTS) is 1. The highest BCUT2D eigenvalue weighted by molar-refractivity contribution is 5.84. The van der Waals surface area contributed by atoms with E-state index in [9.17, 15) is 19.5 Å². The molecule has 2 aromatic rings. The summed E-state index contributed by atoms with van der Waals surface area (Å²) in [6, 6.07) is 15.6. The lowest BCUT2D eigenvalue weighted by Crippen LogP contribution is -2.44. The molecule has 188 valence electrons. The number of rotatable bonds is 12. The van der Waals surface area contributed by atoms with Crippen LogP contribution in [0.5, 0.6) is 0 Å². The van der Waals surface area contributed by atoms with Crippen LogP contribution in [0.1, 0.15) is 44.7 Å². The van der Waals surface area contributed by atoms with E-state index in [2.05, 4.69) is 29.6 Å². The molecule has 0 heterocycles. The minimum absolute atomic E-state index is 0.0274.